The smallest absolute Gasteiger partial charge is 0.309 e. The highest BCUT2D eigenvalue weighted by atomic mass is 79.9. The topological polar surface area (TPSA) is 150 Å². The van der Waals surface area contributed by atoms with Gasteiger partial charge in [0.15, 0.2) is 0 Å². The summed E-state index contributed by atoms with van der Waals surface area (Å²) in [7, 11) is 1.54. The molecule has 0 radical (unpaired) electrons. The van der Waals surface area contributed by atoms with Gasteiger partial charge < -0.3 is 19.3 Å². The predicted octanol–water partition coefficient (Wildman–Crippen LogP) is 16.6. The molecule has 5 aromatic carbocycles. The molecule has 4 atom stereocenters. The van der Waals surface area contributed by atoms with Gasteiger partial charge in [-0.15, -0.1) is 11.8 Å². The molecule has 0 fully saturated rings. The second-order valence-corrected chi connectivity index (χ2v) is 29.0. The predicted molar refractivity (Wildman–Crippen MR) is 326 cm³/mol. The number of esters is 3. The van der Waals surface area contributed by atoms with E-state index in [0.29, 0.717) is 25.7 Å². The molecule has 15 heteroatoms. The fourth-order valence-electron chi connectivity index (χ4n) is 7.14. The molecule has 5 rings (SSSR count). The summed E-state index contributed by atoms with van der Waals surface area (Å²) in [5, 5.41) is 8.70. The molecule has 0 amide bonds. The summed E-state index contributed by atoms with van der Waals surface area (Å²) >= 11 is 8.59. The Balaban J connectivity index is 0.000000370. The highest BCUT2D eigenvalue weighted by molar-refractivity contribution is 9.10. The van der Waals surface area contributed by atoms with Crippen molar-refractivity contribution in [3.63, 3.8) is 0 Å². The van der Waals surface area contributed by atoms with Crippen molar-refractivity contribution in [2.45, 2.75) is 174 Å². The number of carbonyl (C=O) groups is 4. The molecule has 0 saturated heterocycles. The summed E-state index contributed by atoms with van der Waals surface area (Å²) < 4.78 is 40.7. The Morgan fingerprint density at radius 1 is 0.500 bits per heavy atom. The first-order chi connectivity index (χ1) is 35.8. The van der Waals surface area contributed by atoms with Gasteiger partial charge in [-0.1, -0.05) is 153 Å². The highest BCUT2D eigenvalue weighted by Crippen LogP contribution is 2.28. The molecule has 0 bridgehead atoms. The molecule has 5 aromatic rings. The molecule has 0 aliphatic carbocycles. The Labute approximate surface area is 492 Å². The standard InChI is InChI=1S/C25H34O2S.C14H19BrO2.C14H19ClO4S.C10H11BrO2/c1-18(23(26)27-25(5,6)7)15-20-9-8-10-22(16-20)28-17-19-11-13-21(14-12-19)24(2,3)4;1-10(13(16)17-14(2,3)4)8-11-6-5-7-12(15)9-11;1-10(13(16)19-14(2,3)4)8-11-6-5-7-12(9-11)20(15,17)18;1-7(10(12)13)5-8-3-2-4-9(11)6-8/h8-14,16,18H,15,17H2,1-7H3;5-7,9-10H,8H2,1-4H3;5-7,9-10H,8H2,1-4H3;2-4,6-7H,5H2,1H3,(H,12,13)/t18-;2*10-;7-/m0000/s1. The molecule has 0 saturated carbocycles. The van der Waals surface area contributed by atoms with Crippen LogP contribution in [0.1, 0.15) is 144 Å². The van der Waals surface area contributed by atoms with Crippen LogP contribution in [0.4, 0.5) is 0 Å². The van der Waals surface area contributed by atoms with E-state index in [0.717, 1.165) is 31.4 Å². The third kappa shape index (κ3) is 29.7. The van der Waals surface area contributed by atoms with Crippen LogP contribution in [-0.4, -0.2) is 54.2 Å². The monoisotopic (exact) mass is 1260 g/mol. The van der Waals surface area contributed by atoms with Crippen molar-refractivity contribution in [1.82, 2.24) is 0 Å². The summed E-state index contributed by atoms with van der Waals surface area (Å²) in [6.07, 6.45) is 2.38. The van der Waals surface area contributed by atoms with E-state index in [1.54, 1.807) is 46.8 Å². The Bertz CT molecular complexity index is 2820. The first-order valence-corrected chi connectivity index (χ1v) is 30.9. The molecule has 0 unspecified atom stereocenters. The van der Waals surface area contributed by atoms with Gasteiger partial charge in [0.1, 0.15) is 16.8 Å². The maximum absolute atomic E-state index is 12.2. The van der Waals surface area contributed by atoms with E-state index >= 15 is 0 Å². The van der Waals surface area contributed by atoms with Crippen LogP contribution in [0, 0.1) is 23.7 Å². The number of carboxylic acid groups (broad SMARTS) is 1. The van der Waals surface area contributed by atoms with E-state index in [-0.39, 0.29) is 51.9 Å². The first kappa shape index (κ1) is 69.6. The SMILES string of the molecule is C[C@@H](Cc1cccc(Br)c1)C(=O)O.C[C@@H](Cc1cccc(Br)c1)C(=O)OC(C)(C)C.C[C@@H](Cc1cccc(S(=O)(=O)Cl)c1)C(=O)OC(C)(C)C.C[C@@H](Cc1cccc(SCc2ccc(C(C)(C)C)cc2)c1)C(=O)OC(C)(C)C. The minimum Gasteiger partial charge on any atom is -0.481 e. The maximum atomic E-state index is 12.2. The zero-order chi connectivity index (χ0) is 59.4. The van der Waals surface area contributed by atoms with Crippen LogP contribution in [0.2, 0.25) is 0 Å². The summed E-state index contributed by atoms with van der Waals surface area (Å²) in [6, 6.07) is 39.4. The number of hydrogen-bond acceptors (Lipinski definition) is 10. The third-order valence-electron chi connectivity index (χ3n) is 11.1. The van der Waals surface area contributed by atoms with Gasteiger partial charge in [0.05, 0.1) is 28.6 Å². The van der Waals surface area contributed by atoms with Crippen molar-refractivity contribution in [2.75, 3.05) is 0 Å². The van der Waals surface area contributed by atoms with E-state index < -0.39 is 31.8 Å². The number of aliphatic carboxylic acids is 1. The number of halogens is 3. The van der Waals surface area contributed by atoms with Gasteiger partial charge in [0, 0.05) is 30.3 Å². The van der Waals surface area contributed by atoms with Gasteiger partial charge in [-0.2, -0.15) is 0 Å². The Morgan fingerprint density at radius 2 is 0.846 bits per heavy atom. The van der Waals surface area contributed by atoms with Crippen molar-refractivity contribution in [2.24, 2.45) is 23.7 Å². The van der Waals surface area contributed by atoms with E-state index in [1.165, 1.54) is 33.7 Å². The highest BCUT2D eigenvalue weighted by Gasteiger charge is 2.25. The summed E-state index contributed by atoms with van der Waals surface area (Å²) in [6.45, 7) is 30.8. The molecule has 0 aliphatic rings. The molecular formula is C63H83Br2ClO10S2. The second kappa shape index (κ2) is 31.5. The lowest BCUT2D eigenvalue weighted by molar-refractivity contribution is -0.160. The number of carbonyl (C=O) groups excluding carboxylic acids is 3. The summed E-state index contributed by atoms with van der Waals surface area (Å²) in [4.78, 5) is 47.8. The maximum Gasteiger partial charge on any atom is 0.309 e. The lowest BCUT2D eigenvalue weighted by Crippen LogP contribution is -2.28. The van der Waals surface area contributed by atoms with Crippen molar-refractivity contribution in [3.05, 3.63) is 164 Å². The van der Waals surface area contributed by atoms with Crippen molar-refractivity contribution in [3.8, 4) is 0 Å². The Kier molecular flexibility index (Phi) is 28.1. The summed E-state index contributed by atoms with van der Waals surface area (Å²) in [5.74, 6) is -1.35. The number of carboxylic acids is 1. The zero-order valence-electron chi connectivity index (χ0n) is 48.5. The van der Waals surface area contributed by atoms with Gasteiger partial charge in [0.2, 0.25) is 0 Å². The normalized spacial score (nSPS) is 13.3. The van der Waals surface area contributed by atoms with E-state index in [9.17, 15) is 27.6 Å². The fraction of sp³-hybridized carbons (Fsp3) is 0.460. The van der Waals surface area contributed by atoms with Crippen LogP contribution in [0.15, 0.2) is 140 Å². The molecule has 0 spiro atoms. The Hall–Kier alpha value is -4.47. The number of thioether (sulfide) groups is 1. The number of ether oxygens (including phenoxy) is 3. The molecule has 428 valence electrons. The van der Waals surface area contributed by atoms with Crippen molar-refractivity contribution >= 4 is 87.2 Å². The quantitative estimate of drug-likeness (QED) is 0.0435. The van der Waals surface area contributed by atoms with Crippen LogP contribution < -0.4 is 0 Å². The molecule has 0 aromatic heterocycles. The average Bonchev–Trinajstić information content (AvgIpc) is 3.29. The molecule has 10 nitrogen and oxygen atoms in total. The largest absolute Gasteiger partial charge is 0.481 e. The van der Waals surface area contributed by atoms with E-state index in [4.69, 9.17) is 30.0 Å². The minimum absolute atomic E-state index is 0.0352. The number of benzene rings is 5. The van der Waals surface area contributed by atoms with Crippen LogP contribution in [-0.2, 0) is 79.3 Å². The van der Waals surface area contributed by atoms with Crippen LogP contribution >= 0.6 is 54.3 Å². The molecule has 0 aliphatic heterocycles. The zero-order valence-corrected chi connectivity index (χ0v) is 54.0. The van der Waals surface area contributed by atoms with Crippen LogP contribution in [0.5, 0.6) is 0 Å². The van der Waals surface area contributed by atoms with Gasteiger partial charge >= 0.3 is 23.9 Å². The van der Waals surface area contributed by atoms with E-state index in [1.807, 2.05) is 116 Å². The van der Waals surface area contributed by atoms with Crippen molar-refractivity contribution < 1.29 is 46.9 Å². The Morgan fingerprint density at radius 3 is 1.19 bits per heavy atom. The van der Waals surface area contributed by atoms with Gasteiger partial charge in [-0.3, -0.25) is 19.2 Å². The fourth-order valence-corrected chi connectivity index (χ4v) is 9.79. The van der Waals surface area contributed by atoms with Gasteiger partial charge in [-0.25, -0.2) is 8.42 Å². The van der Waals surface area contributed by atoms with E-state index in [2.05, 4.69) is 101 Å². The molecule has 78 heavy (non-hydrogen) atoms. The number of rotatable bonds is 16. The molecule has 0 heterocycles. The molecular weight excluding hydrogens is 1180 g/mol. The first-order valence-electron chi connectivity index (χ1n) is 26.0. The molecule has 1 N–H and O–H groups in total. The second-order valence-electron chi connectivity index (χ2n) is 23.6. The van der Waals surface area contributed by atoms with Gasteiger partial charge in [0.25, 0.3) is 9.05 Å². The number of hydrogen-bond donors (Lipinski definition) is 1. The minimum atomic E-state index is -3.75. The van der Waals surface area contributed by atoms with Crippen LogP contribution in [0.3, 0.4) is 0 Å². The van der Waals surface area contributed by atoms with Crippen LogP contribution in [0.25, 0.3) is 0 Å². The average molecular weight is 1260 g/mol. The lowest BCUT2D eigenvalue weighted by atomic mass is 9.87. The van der Waals surface area contributed by atoms with Crippen molar-refractivity contribution in [1.29, 1.82) is 0 Å². The summed E-state index contributed by atoms with van der Waals surface area (Å²) in [5.41, 5.74) is 5.56. The lowest BCUT2D eigenvalue weighted by Gasteiger charge is -2.22. The third-order valence-corrected chi connectivity index (χ3v) is 14.5. The van der Waals surface area contributed by atoms with Gasteiger partial charge in [-0.05, 0) is 175 Å².